The zero-order valence-electron chi connectivity index (χ0n) is 10.5. The topological polar surface area (TPSA) is 72.9 Å². The number of hydrogen-bond donors (Lipinski definition) is 2. The van der Waals surface area contributed by atoms with Crippen LogP contribution < -0.4 is 5.32 Å². The van der Waals surface area contributed by atoms with Crippen LogP contribution in [-0.4, -0.2) is 73.1 Å². The summed E-state index contributed by atoms with van der Waals surface area (Å²) >= 11 is 0. The number of likely N-dealkylation sites (N-methyl/N-ethyl adjacent to an activating group) is 1. The smallest absolute Gasteiger partial charge is 0.311 e. The maximum absolute atomic E-state index is 11.7. The van der Waals surface area contributed by atoms with Gasteiger partial charge in [-0.2, -0.15) is 0 Å². The van der Waals surface area contributed by atoms with Crippen LogP contribution >= 0.6 is 0 Å². The Hall–Kier alpha value is -1.14. The number of likely N-dealkylation sites (tertiary alicyclic amines) is 1. The summed E-state index contributed by atoms with van der Waals surface area (Å²) in [6.07, 6.45) is 1.79. The Balaban J connectivity index is 2.43. The lowest BCUT2D eigenvalue weighted by Gasteiger charge is -2.34. The van der Waals surface area contributed by atoms with Gasteiger partial charge in [0, 0.05) is 19.6 Å². The van der Waals surface area contributed by atoms with Gasteiger partial charge in [0.2, 0.25) is 0 Å². The highest BCUT2D eigenvalue weighted by Crippen LogP contribution is 2.13. The van der Waals surface area contributed by atoms with Crippen LogP contribution in [0, 0.1) is 0 Å². The van der Waals surface area contributed by atoms with Crippen LogP contribution in [0.15, 0.2) is 0 Å². The number of nitrogens with one attached hydrogen (secondary N) is 1. The molecule has 0 aromatic rings. The Morgan fingerprint density at radius 3 is 2.53 bits per heavy atom. The Bertz CT molecular complexity index is 275. The van der Waals surface area contributed by atoms with Gasteiger partial charge in [-0.15, -0.1) is 0 Å². The number of amides is 2. The van der Waals surface area contributed by atoms with Gasteiger partial charge < -0.3 is 20.2 Å². The molecule has 0 spiro atoms. The number of piperidine rings is 1. The highest BCUT2D eigenvalue weighted by Gasteiger charge is 2.27. The molecule has 1 aliphatic heterocycles. The summed E-state index contributed by atoms with van der Waals surface area (Å²) in [5.41, 5.74) is 0. The summed E-state index contributed by atoms with van der Waals surface area (Å²) in [6.45, 7) is 1.85. The first kappa shape index (κ1) is 13.9. The molecule has 2 N–H and O–H groups in total. The van der Waals surface area contributed by atoms with Crippen LogP contribution in [0.4, 0.5) is 0 Å². The van der Waals surface area contributed by atoms with Gasteiger partial charge in [-0.1, -0.05) is 0 Å². The monoisotopic (exact) mass is 243 g/mol. The van der Waals surface area contributed by atoms with E-state index in [1.54, 1.807) is 7.05 Å². The van der Waals surface area contributed by atoms with E-state index < -0.39 is 11.8 Å². The fourth-order valence-corrected chi connectivity index (χ4v) is 1.95. The molecule has 6 nitrogen and oxygen atoms in total. The van der Waals surface area contributed by atoms with Crippen molar-refractivity contribution in [1.29, 1.82) is 0 Å². The third-order valence-electron chi connectivity index (χ3n) is 3.15. The molecule has 0 aromatic carbocycles. The predicted molar refractivity (Wildman–Crippen MR) is 63.4 cm³/mol. The molecule has 1 aliphatic rings. The number of carbonyl (C=O) groups excluding carboxylic acids is 2. The number of hydrogen-bond acceptors (Lipinski definition) is 4. The maximum atomic E-state index is 11.7. The van der Waals surface area contributed by atoms with Crippen LogP contribution in [0.3, 0.4) is 0 Å². The van der Waals surface area contributed by atoms with Gasteiger partial charge >= 0.3 is 11.8 Å². The van der Waals surface area contributed by atoms with Gasteiger partial charge in [-0.3, -0.25) is 9.59 Å². The van der Waals surface area contributed by atoms with Crippen LogP contribution in [0.25, 0.3) is 0 Å². The Morgan fingerprint density at radius 2 is 2.00 bits per heavy atom. The summed E-state index contributed by atoms with van der Waals surface area (Å²) in [7, 11) is 3.71. The van der Waals surface area contributed by atoms with Gasteiger partial charge in [0.15, 0.2) is 0 Å². The molecular weight excluding hydrogens is 222 g/mol. The Morgan fingerprint density at radius 1 is 1.41 bits per heavy atom. The lowest BCUT2D eigenvalue weighted by Crippen LogP contribution is -2.49. The number of aliphatic hydroxyl groups is 1. The van der Waals surface area contributed by atoms with E-state index in [0.717, 1.165) is 25.9 Å². The molecule has 2 amide bonds. The summed E-state index contributed by atoms with van der Waals surface area (Å²) in [5.74, 6) is -1.16. The molecule has 1 fully saturated rings. The normalized spacial score (nSPS) is 17.8. The molecule has 0 aliphatic carbocycles. The molecule has 0 bridgehead atoms. The van der Waals surface area contributed by atoms with Crippen LogP contribution in [0.2, 0.25) is 0 Å². The van der Waals surface area contributed by atoms with Crippen LogP contribution in [-0.2, 0) is 9.59 Å². The van der Waals surface area contributed by atoms with Crippen molar-refractivity contribution in [1.82, 2.24) is 15.1 Å². The predicted octanol–water partition coefficient (Wildman–Crippen LogP) is -1.35. The van der Waals surface area contributed by atoms with E-state index >= 15 is 0 Å². The Kier molecular flexibility index (Phi) is 5.37. The lowest BCUT2D eigenvalue weighted by molar-refractivity contribution is -0.146. The summed E-state index contributed by atoms with van der Waals surface area (Å²) in [5, 5.41) is 10.9. The third-order valence-corrected chi connectivity index (χ3v) is 3.15. The van der Waals surface area contributed by atoms with Gasteiger partial charge in [0.25, 0.3) is 0 Å². The molecule has 0 atom stereocenters. The van der Waals surface area contributed by atoms with Crippen molar-refractivity contribution in [2.45, 2.75) is 18.9 Å². The summed E-state index contributed by atoms with van der Waals surface area (Å²) in [6, 6.07) is 0.138. The molecule has 1 heterocycles. The zero-order valence-corrected chi connectivity index (χ0v) is 10.5. The molecule has 98 valence electrons. The average Bonchev–Trinajstić information content (AvgIpc) is 2.35. The lowest BCUT2D eigenvalue weighted by atomic mass is 10.0. The first-order valence-corrected chi connectivity index (χ1v) is 5.90. The Labute approximate surface area is 102 Å². The van der Waals surface area contributed by atoms with E-state index in [9.17, 15) is 9.59 Å². The molecule has 1 rings (SSSR count). The third kappa shape index (κ3) is 3.98. The minimum atomic E-state index is -0.638. The van der Waals surface area contributed by atoms with E-state index in [1.165, 1.54) is 4.90 Å². The first-order valence-electron chi connectivity index (χ1n) is 5.90. The second-order valence-corrected chi connectivity index (χ2v) is 4.43. The molecule has 17 heavy (non-hydrogen) atoms. The van der Waals surface area contributed by atoms with E-state index in [-0.39, 0.29) is 19.2 Å². The first-order chi connectivity index (χ1) is 8.06. The van der Waals surface area contributed by atoms with E-state index in [0.29, 0.717) is 0 Å². The largest absolute Gasteiger partial charge is 0.395 e. The number of aliphatic hydroxyl groups excluding tert-OH is 1. The fraction of sp³-hybridized carbons (Fsp3) is 0.818. The second kappa shape index (κ2) is 6.56. The average molecular weight is 243 g/mol. The zero-order chi connectivity index (χ0) is 12.8. The fourth-order valence-electron chi connectivity index (χ4n) is 1.95. The second-order valence-electron chi connectivity index (χ2n) is 4.43. The van der Waals surface area contributed by atoms with Crippen molar-refractivity contribution >= 4 is 11.8 Å². The van der Waals surface area contributed by atoms with Crippen molar-refractivity contribution in [3.63, 3.8) is 0 Å². The minimum Gasteiger partial charge on any atom is -0.395 e. The molecule has 0 saturated carbocycles. The van der Waals surface area contributed by atoms with E-state index in [1.807, 2.05) is 7.05 Å². The van der Waals surface area contributed by atoms with Gasteiger partial charge in [0.1, 0.15) is 0 Å². The molecule has 6 heteroatoms. The highest BCUT2D eigenvalue weighted by molar-refractivity contribution is 6.35. The van der Waals surface area contributed by atoms with Crippen LogP contribution in [0.1, 0.15) is 12.8 Å². The van der Waals surface area contributed by atoms with Crippen LogP contribution in [0.5, 0.6) is 0 Å². The number of carbonyl (C=O) groups is 2. The molecule has 1 saturated heterocycles. The standard InChI is InChI=1S/C11H21N3O3/c1-13-6-3-9(4-7-13)14(2)11(17)10(16)12-5-8-15/h9,15H,3-8H2,1-2H3,(H,12,16). The van der Waals surface area contributed by atoms with E-state index in [4.69, 9.17) is 5.11 Å². The molecule has 0 radical (unpaired) electrons. The number of nitrogens with zero attached hydrogens (tertiary/aromatic N) is 2. The van der Waals surface area contributed by atoms with Gasteiger partial charge in [-0.05, 0) is 33.0 Å². The molecule has 0 unspecified atom stereocenters. The van der Waals surface area contributed by atoms with Crippen molar-refractivity contribution in [3.8, 4) is 0 Å². The van der Waals surface area contributed by atoms with Crippen molar-refractivity contribution in [3.05, 3.63) is 0 Å². The van der Waals surface area contributed by atoms with Crippen molar-refractivity contribution < 1.29 is 14.7 Å². The van der Waals surface area contributed by atoms with Gasteiger partial charge in [-0.25, -0.2) is 0 Å². The molecular formula is C11H21N3O3. The van der Waals surface area contributed by atoms with Crippen molar-refractivity contribution in [2.75, 3.05) is 40.3 Å². The van der Waals surface area contributed by atoms with E-state index in [2.05, 4.69) is 10.2 Å². The number of rotatable bonds is 3. The highest BCUT2D eigenvalue weighted by atomic mass is 16.3. The molecule has 0 aromatic heterocycles. The SMILES string of the molecule is CN1CCC(N(C)C(=O)C(=O)NCCO)CC1. The quantitative estimate of drug-likeness (QED) is 0.601. The van der Waals surface area contributed by atoms with Crippen molar-refractivity contribution in [2.24, 2.45) is 0 Å². The minimum absolute atomic E-state index is 0.117. The summed E-state index contributed by atoms with van der Waals surface area (Å²) in [4.78, 5) is 26.9. The maximum Gasteiger partial charge on any atom is 0.311 e. The summed E-state index contributed by atoms with van der Waals surface area (Å²) < 4.78 is 0. The van der Waals surface area contributed by atoms with Gasteiger partial charge in [0.05, 0.1) is 6.61 Å².